The molecule has 2 unspecified atom stereocenters. The average Bonchev–Trinajstić information content (AvgIpc) is 2.46. The molecule has 2 N–H and O–H groups in total. The minimum atomic E-state index is 0.706. The quantitative estimate of drug-likeness (QED) is 0.848. The third-order valence-electron chi connectivity index (χ3n) is 5.50. The molecule has 0 bridgehead atoms. The van der Waals surface area contributed by atoms with E-state index >= 15 is 0 Å². The van der Waals surface area contributed by atoms with E-state index in [9.17, 15) is 0 Å². The predicted molar refractivity (Wildman–Crippen MR) is 82.3 cm³/mol. The lowest BCUT2D eigenvalue weighted by atomic mass is 9.82. The Morgan fingerprint density at radius 3 is 2.32 bits per heavy atom. The fourth-order valence-corrected chi connectivity index (χ4v) is 4.08. The molecule has 1 aliphatic heterocycles. The molecule has 3 nitrogen and oxygen atoms in total. The largest absolute Gasteiger partial charge is 0.330 e. The lowest BCUT2D eigenvalue weighted by Crippen LogP contribution is -2.52. The predicted octanol–water partition coefficient (Wildman–Crippen LogP) is 2.31. The maximum atomic E-state index is 5.99. The fourth-order valence-electron chi connectivity index (χ4n) is 4.08. The van der Waals surface area contributed by atoms with E-state index in [0.29, 0.717) is 6.04 Å². The normalized spacial score (nSPS) is 31.3. The molecule has 2 rings (SSSR count). The topological polar surface area (TPSA) is 32.5 Å². The van der Waals surface area contributed by atoms with E-state index in [1.54, 1.807) is 0 Å². The van der Waals surface area contributed by atoms with Crippen molar-refractivity contribution in [3.63, 3.8) is 0 Å². The van der Waals surface area contributed by atoms with Crippen LogP contribution in [0.5, 0.6) is 0 Å². The van der Waals surface area contributed by atoms with Gasteiger partial charge in [0, 0.05) is 18.1 Å². The minimum absolute atomic E-state index is 0.706. The van der Waals surface area contributed by atoms with Crippen LogP contribution in [0.15, 0.2) is 0 Å². The average molecular weight is 267 g/mol. The van der Waals surface area contributed by atoms with E-state index in [-0.39, 0.29) is 0 Å². The Balaban J connectivity index is 1.87. The molecule has 0 spiro atoms. The van der Waals surface area contributed by atoms with Gasteiger partial charge in [-0.1, -0.05) is 12.8 Å². The number of likely N-dealkylation sites (tertiary alicyclic amines) is 1. The molecule has 1 saturated heterocycles. The molecule has 2 aliphatic rings. The van der Waals surface area contributed by atoms with E-state index in [4.69, 9.17) is 5.73 Å². The number of hydrogen-bond acceptors (Lipinski definition) is 3. The van der Waals surface area contributed by atoms with Crippen molar-refractivity contribution in [1.29, 1.82) is 0 Å². The first-order valence-electron chi connectivity index (χ1n) is 8.29. The monoisotopic (exact) mass is 267 g/mol. The van der Waals surface area contributed by atoms with Crippen molar-refractivity contribution in [1.82, 2.24) is 9.80 Å². The van der Waals surface area contributed by atoms with Gasteiger partial charge in [-0.05, 0) is 72.1 Å². The first kappa shape index (κ1) is 15.3. The van der Waals surface area contributed by atoms with Gasteiger partial charge in [-0.2, -0.15) is 0 Å². The highest BCUT2D eigenvalue weighted by Crippen LogP contribution is 2.30. The lowest BCUT2D eigenvalue weighted by molar-refractivity contribution is 0.0466. The lowest BCUT2D eigenvalue weighted by Gasteiger charge is -2.45. The number of nitrogens with two attached hydrogens (primary N) is 1. The summed E-state index contributed by atoms with van der Waals surface area (Å²) in [6.45, 7) is 8.05. The zero-order valence-corrected chi connectivity index (χ0v) is 13.1. The van der Waals surface area contributed by atoms with Crippen molar-refractivity contribution in [2.24, 2.45) is 11.7 Å². The van der Waals surface area contributed by atoms with Crippen LogP contribution in [-0.4, -0.2) is 54.6 Å². The van der Waals surface area contributed by atoms with Gasteiger partial charge in [-0.3, -0.25) is 0 Å². The summed E-state index contributed by atoms with van der Waals surface area (Å²) in [5.74, 6) is 0.738. The summed E-state index contributed by atoms with van der Waals surface area (Å²) in [5.41, 5.74) is 5.99. The molecule has 112 valence electrons. The second-order valence-corrected chi connectivity index (χ2v) is 6.87. The third-order valence-corrected chi connectivity index (χ3v) is 5.50. The second-order valence-electron chi connectivity index (χ2n) is 6.87. The van der Waals surface area contributed by atoms with Crippen molar-refractivity contribution in [3.8, 4) is 0 Å². The van der Waals surface area contributed by atoms with Crippen molar-refractivity contribution in [3.05, 3.63) is 0 Å². The molecule has 0 aromatic heterocycles. The van der Waals surface area contributed by atoms with Crippen molar-refractivity contribution in [2.45, 2.75) is 70.5 Å². The van der Waals surface area contributed by atoms with Gasteiger partial charge in [-0.15, -0.1) is 0 Å². The highest BCUT2D eigenvalue weighted by Gasteiger charge is 2.32. The molecule has 2 fully saturated rings. The van der Waals surface area contributed by atoms with Crippen LogP contribution in [0.3, 0.4) is 0 Å². The SMILES string of the molecule is CC(C)N1CCC(N(C)C2CCCCC2CN)CC1. The summed E-state index contributed by atoms with van der Waals surface area (Å²) in [4.78, 5) is 5.31. The summed E-state index contributed by atoms with van der Waals surface area (Å²) in [6.07, 6.45) is 8.17. The Morgan fingerprint density at radius 1 is 1.11 bits per heavy atom. The van der Waals surface area contributed by atoms with Gasteiger partial charge in [0.1, 0.15) is 0 Å². The van der Waals surface area contributed by atoms with Gasteiger partial charge in [0.25, 0.3) is 0 Å². The minimum Gasteiger partial charge on any atom is -0.330 e. The maximum absolute atomic E-state index is 5.99. The zero-order valence-electron chi connectivity index (χ0n) is 13.1. The van der Waals surface area contributed by atoms with Crippen LogP contribution >= 0.6 is 0 Å². The molecule has 0 amide bonds. The van der Waals surface area contributed by atoms with Gasteiger partial charge >= 0.3 is 0 Å². The van der Waals surface area contributed by atoms with E-state index in [1.807, 2.05) is 0 Å². The van der Waals surface area contributed by atoms with E-state index < -0.39 is 0 Å². The molecule has 1 aliphatic carbocycles. The van der Waals surface area contributed by atoms with Crippen LogP contribution in [0, 0.1) is 5.92 Å². The summed E-state index contributed by atoms with van der Waals surface area (Å²) < 4.78 is 0. The smallest absolute Gasteiger partial charge is 0.0135 e. The van der Waals surface area contributed by atoms with Gasteiger partial charge < -0.3 is 15.5 Å². The Kier molecular flexibility index (Phi) is 5.67. The molecule has 1 saturated carbocycles. The van der Waals surface area contributed by atoms with E-state index in [2.05, 4.69) is 30.7 Å². The molecule has 0 radical (unpaired) electrons. The van der Waals surface area contributed by atoms with Crippen LogP contribution in [0.25, 0.3) is 0 Å². The van der Waals surface area contributed by atoms with Crippen molar-refractivity contribution >= 4 is 0 Å². The fraction of sp³-hybridized carbons (Fsp3) is 1.00. The molecule has 0 aromatic carbocycles. The molecule has 1 heterocycles. The molecular weight excluding hydrogens is 234 g/mol. The summed E-state index contributed by atoms with van der Waals surface area (Å²) in [6, 6.07) is 2.24. The Labute approximate surface area is 119 Å². The number of nitrogens with zero attached hydrogens (tertiary/aromatic N) is 2. The first-order valence-corrected chi connectivity index (χ1v) is 8.29. The molecule has 0 aromatic rings. The third kappa shape index (κ3) is 3.71. The zero-order chi connectivity index (χ0) is 13.8. The highest BCUT2D eigenvalue weighted by atomic mass is 15.2. The maximum Gasteiger partial charge on any atom is 0.0135 e. The molecule has 3 heteroatoms. The number of rotatable bonds is 4. The van der Waals surface area contributed by atoms with Crippen molar-refractivity contribution < 1.29 is 0 Å². The second kappa shape index (κ2) is 7.05. The summed E-state index contributed by atoms with van der Waals surface area (Å²) in [7, 11) is 2.36. The Hall–Kier alpha value is -0.120. The Morgan fingerprint density at radius 2 is 1.74 bits per heavy atom. The van der Waals surface area contributed by atoms with Gasteiger partial charge in [-0.25, -0.2) is 0 Å². The molecule has 2 atom stereocenters. The number of piperidine rings is 1. The van der Waals surface area contributed by atoms with Gasteiger partial charge in [0.05, 0.1) is 0 Å². The number of hydrogen-bond donors (Lipinski definition) is 1. The van der Waals surface area contributed by atoms with Crippen LogP contribution in [-0.2, 0) is 0 Å². The first-order chi connectivity index (χ1) is 9.13. The summed E-state index contributed by atoms with van der Waals surface area (Å²) >= 11 is 0. The molecular formula is C16H33N3. The standard InChI is InChI=1S/C16H33N3/c1-13(2)19-10-8-15(9-11-19)18(3)16-7-5-4-6-14(16)12-17/h13-16H,4-12,17H2,1-3H3. The van der Waals surface area contributed by atoms with Gasteiger partial charge in [0.2, 0.25) is 0 Å². The van der Waals surface area contributed by atoms with E-state index in [1.165, 1.54) is 51.6 Å². The van der Waals surface area contributed by atoms with E-state index in [0.717, 1.165) is 24.5 Å². The van der Waals surface area contributed by atoms with Crippen LogP contribution in [0.1, 0.15) is 52.4 Å². The summed E-state index contributed by atoms with van der Waals surface area (Å²) in [5, 5.41) is 0. The molecule has 19 heavy (non-hydrogen) atoms. The highest BCUT2D eigenvalue weighted by molar-refractivity contribution is 4.88. The van der Waals surface area contributed by atoms with Crippen LogP contribution in [0.2, 0.25) is 0 Å². The Bertz CT molecular complexity index is 259. The van der Waals surface area contributed by atoms with Crippen LogP contribution < -0.4 is 5.73 Å². The van der Waals surface area contributed by atoms with Gasteiger partial charge in [0.15, 0.2) is 0 Å². The van der Waals surface area contributed by atoms with Crippen molar-refractivity contribution in [2.75, 3.05) is 26.7 Å². The van der Waals surface area contributed by atoms with Crippen LogP contribution in [0.4, 0.5) is 0 Å².